The molecule has 0 bridgehead atoms. The van der Waals surface area contributed by atoms with E-state index in [-0.39, 0.29) is 5.78 Å². The minimum absolute atomic E-state index is 0.216. The zero-order chi connectivity index (χ0) is 10.4. The van der Waals surface area contributed by atoms with E-state index in [1.165, 1.54) is 0 Å². The predicted octanol–water partition coefficient (Wildman–Crippen LogP) is 3.47. The molecule has 14 heavy (non-hydrogen) atoms. The van der Waals surface area contributed by atoms with Crippen molar-refractivity contribution in [3.63, 3.8) is 0 Å². The summed E-state index contributed by atoms with van der Waals surface area (Å²) in [5.41, 5.74) is 0.970. The third-order valence-electron chi connectivity index (χ3n) is 1.88. The number of benzene rings is 1. The molecule has 0 unspecified atom stereocenters. The van der Waals surface area contributed by atoms with Gasteiger partial charge in [-0.2, -0.15) is 0 Å². The van der Waals surface area contributed by atoms with Crippen LogP contribution in [0.2, 0.25) is 5.02 Å². The Balaban J connectivity index is 2.47. The van der Waals surface area contributed by atoms with Crippen LogP contribution in [0, 0.1) is 0 Å². The highest BCUT2D eigenvalue weighted by atomic mass is 35.5. The molecule has 0 radical (unpaired) electrons. The molecular weight excluding hydrogens is 219 g/mol. The van der Waals surface area contributed by atoms with Gasteiger partial charge >= 0.3 is 0 Å². The van der Waals surface area contributed by atoms with Crippen molar-refractivity contribution in [2.75, 3.05) is 5.88 Å². The number of ketones is 1. The molecule has 1 aromatic carbocycles. The van der Waals surface area contributed by atoms with Gasteiger partial charge in [-0.3, -0.25) is 4.79 Å². The minimum atomic E-state index is 0.216. The monoisotopic (exact) mass is 230 g/mol. The first kappa shape index (κ1) is 11.5. The lowest BCUT2D eigenvalue weighted by Gasteiger charge is -2.00. The summed E-state index contributed by atoms with van der Waals surface area (Å²) in [5, 5.41) is 0.674. The third-order valence-corrected chi connectivity index (χ3v) is 2.38. The van der Waals surface area contributed by atoms with E-state index in [1.807, 2.05) is 18.2 Å². The summed E-state index contributed by atoms with van der Waals surface area (Å²) in [5.74, 6) is 0.759. The van der Waals surface area contributed by atoms with Crippen LogP contribution in [0.15, 0.2) is 24.3 Å². The third kappa shape index (κ3) is 4.12. The Morgan fingerprint density at radius 1 is 1.36 bits per heavy atom. The van der Waals surface area contributed by atoms with Gasteiger partial charge in [-0.05, 0) is 24.1 Å². The van der Waals surface area contributed by atoms with Gasteiger partial charge in [0.05, 0.1) is 0 Å². The van der Waals surface area contributed by atoms with E-state index >= 15 is 0 Å². The van der Waals surface area contributed by atoms with Crippen LogP contribution in [-0.2, 0) is 11.2 Å². The highest BCUT2D eigenvalue weighted by Crippen LogP contribution is 2.12. The molecule has 0 atom stereocenters. The Hall–Kier alpha value is -0.530. The summed E-state index contributed by atoms with van der Waals surface area (Å²) >= 11 is 11.3. The summed E-state index contributed by atoms with van der Waals surface area (Å²) in [6, 6.07) is 7.38. The van der Waals surface area contributed by atoms with Crippen molar-refractivity contribution in [2.24, 2.45) is 0 Å². The van der Waals surface area contributed by atoms with Crippen LogP contribution < -0.4 is 0 Å². The van der Waals surface area contributed by atoms with Crippen LogP contribution in [0.3, 0.4) is 0 Å². The van der Waals surface area contributed by atoms with Gasteiger partial charge in [0.25, 0.3) is 0 Å². The van der Waals surface area contributed by atoms with E-state index in [1.54, 1.807) is 6.07 Å². The summed E-state index contributed by atoms with van der Waals surface area (Å²) in [6.07, 6.45) is 1.76. The average molecular weight is 231 g/mol. The van der Waals surface area contributed by atoms with Crippen LogP contribution in [-0.4, -0.2) is 11.7 Å². The molecular formula is C11H12Cl2O. The first-order chi connectivity index (χ1) is 6.72. The molecule has 0 heterocycles. The first-order valence-corrected chi connectivity index (χ1v) is 5.45. The zero-order valence-electron chi connectivity index (χ0n) is 7.80. The van der Waals surface area contributed by atoms with E-state index in [2.05, 4.69) is 0 Å². The van der Waals surface area contributed by atoms with Crippen molar-refractivity contribution >= 4 is 29.0 Å². The molecule has 0 saturated carbocycles. The molecule has 76 valence electrons. The normalized spacial score (nSPS) is 10.1. The van der Waals surface area contributed by atoms with Gasteiger partial charge < -0.3 is 0 Å². The fraction of sp³-hybridized carbons (Fsp3) is 0.364. The second-order valence-electron chi connectivity index (χ2n) is 3.14. The minimum Gasteiger partial charge on any atom is -0.299 e. The summed E-state index contributed by atoms with van der Waals surface area (Å²) < 4.78 is 0. The molecule has 0 aromatic heterocycles. The van der Waals surface area contributed by atoms with Crippen LogP contribution in [0.5, 0.6) is 0 Å². The average Bonchev–Trinajstić information content (AvgIpc) is 2.15. The lowest BCUT2D eigenvalue weighted by molar-refractivity contribution is -0.118. The van der Waals surface area contributed by atoms with Gasteiger partial charge in [-0.15, -0.1) is 11.6 Å². The molecule has 1 nitrogen and oxygen atoms in total. The molecule has 0 aliphatic rings. The summed E-state index contributed by atoms with van der Waals surface area (Å²) in [4.78, 5) is 11.4. The standard InChI is InChI=1S/C11H12Cl2O/c12-6-2-5-11(14)8-9-3-1-4-10(13)7-9/h1,3-4,7H,2,5-6,8H2. The molecule has 0 aliphatic heterocycles. The van der Waals surface area contributed by atoms with Crippen LogP contribution in [0.1, 0.15) is 18.4 Å². The lowest BCUT2D eigenvalue weighted by atomic mass is 10.1. The zero-order valence-corrected chi connectivity index (χ0v) is 9.31. The van der Waals surface area contributed by atoms with Crippen molar-refractivity contribution in [1.29, 1.82) is 0 Å². The largest absolute Gasteiger partial charge is 0.299 e. The van der Waals surface area contributed by atoms with Gasteiger partial charge in [-0.25, -0.2) is 0 Å². The molecule has 0 aliphatic carbocycles. The maximum atomic E-state index is 11.4. The highest BCUT2D eigenvalue weighted by molar-refractivity contribution is 6.30. The highest BCUT2D eigenvalue weighted by Gasteiger charge is 2.03. The Kier molecular flexibility index (Phi) is 4.99. The van der Waals surface area contributed by atoms with Crippen LogP contribution in [0.25, 0.3) is 0 Å². The quantitative estimate of drug-likeness (QED) is 0.709. The molecule has 0 fully saturated rings. The van der Waals surface area contributed by atoms with Crippen LogP contribution in [0.4, 0.5) is 0 Å². The molecule has 0 N–H and O–H groups in total. The van der Waals surface area contributed by atoms with Crippen molar-refractivity contribution in [2.45, 2.75) is 19.3 Å². The topological polar surface area (TPSA) is 17.1 Å². The molecule has 1 rings (SSSR count). The Morgan fingerprint density at radius 3 is 2.79 bits per heavy atom. The maximum Gasteiger partial charge on any atom is 0.137 e. The number of hydrogen-bond donors (Lipinski definition) is 0. The van der Waals surface area contributed by atoms with Crippen molar-refractivity contribution < 1.29 is 4.79 Å². The molecule has 3 heteroatoms. The fourth-order valence-corrected chi connectivity index (χ4v) is 1.57. The Labute approximate surface area is 94.0 Å². The van der Waals surface area contributed by atoms with Gasteiger partial charge in [0.15, 0.2) is 0 Å². The predicted molar refractivity (Wildman–Crippen MR) is 60.1 cm³/mol. The first-order valence-electron chi connectivity index (χ1n) is 4.54. The Bertz CT molecular complexity index is 310. The van der Waals surface area contributed by atoms with E-state index < -0.39 is 0 Å². The van der Waals surface area contributed by atoms with Crippen molar-refractivity contribution in [3.05, 3.63) is 34.9 Å². The smallest absolute Gasteiger partial charge is 0.137 e. The molecule has 0 saturated heterocycles. The fourth-order valence-electron chi connectivity index (χ4n) is 1.23. The molecule has 0 spiro atoms. The number of alkyl halides is 1. The SMILES string of the molecule is O=C(CCCCl)Cc1cccc(Cl)c1. The second-order valence-corrected chi connectivity index (χ2v) is 3.95. The van der Waals surface area contributed by atoms with Crippen molar-refractivity contribution in [3.8, 4) is 0 Å². The number of carbonyl (C=O) groups excluding carboxylic acids is 1. The van der Waals surface area contributed by atoms with Gasteiger partial charge in [0, 0.05) is 23.7 Å². The molecule has 1 aromatic rings. The second kappa shape index (κ2) is 6.05. The van der Waals surface area contributed by atoms with Gasteiger partial charge in [-0.1, -0.05) is 23.7 Å². The molecule has 0 amide bonds. The number of hydrogen-bond acceptors (Lipinski definition) is 1. The number of Topliss-reactive ketones (excluding diaryl/α,β-unsaturated/α-hetero) is 1. The van der Waals surface area contributed by atoms with E-state index in [0.29, 0.717) is 23.7 Å². The number of halogens is 2. The number of carbonyl (C=O) groups is 1. The number of rotatable bonds is 5. The van der Waals surface area contributed by atoms with E-state index in [0.717, 1.165) is 12.0 Å². The van der Waals surface area contributed by atoms with Gasteiger partial charge in [0.2, 0.25) is 0 Å². The van der Waals surface area contributed by atoms with Gasteiger partial charge in [0.1, 0.15) is 5.78 Å². The van der Waals surface area contributed by atoms with E-state index in [9.17, 15) is 4.79 Å². The lowest BCUT2D eigenvalue weighted by Crippen LogP contribution is -2.02. The van der Waals surface area contributed by atoms with Crippen molar-refractivity contribution in [1.82, 2.24) is 0 Å². The van der Waals surface area contributed by atoms with E-state index in [4.69, 9.17) is 23.2 Å². The Morgan fingerprint density at radius 2 is 2.14 bits per heavy atom. The van der Waals surface area contributed by atoms with Crippen LogP contribution >= 0.6 is 23.2 Å². The summed E-state index contributed by atoms with van der Waals surface area (Å²) in [6.45, 7) is 0. The summed E-state index contributed by atoms with van der Waals surface area (Å²) in [7, 11) is 0. The maximum absolute atomic E-state index is 11.4.